The molecule has 5 nitrogen and oxygen atoms in total. The van der Waals surface area contributed by atoms with Gasteiger partial charge in [-0.3, -0.25) is 4.79 Å². The normalized spacial score (nSPS) is 15.6. The quantitative estimate of drug-likeness (QED) is 0.220. The van der Waals surface area contributed by atoms with Crippen molar-refractivity contribution in [2.45, 2.75) is 55.3 Å². The first-order valence-corrected chi connectivity index (χ1v) is 13.7. The fourth-order valence-corrected chi connectivity index (χ4v) is 6.03. The summed E-state index contributed by atoms with van der Waals surface area (Å²) >= 11 is 1.49. The second-order valence-corrected chi connectivity index (χ2v) is 10.5. The molecule has 5 rings (SSSR count). The fraction of sp³-hybridized carbons (Fsp3) is 0.345. The van der Waals surface area contributed by atoms with E-state index < -0.39 is 24.0 Å². The molecule has 0 unspecified atom stereocenters. The van der Waals surface area contributed by atoms with Gasteiger partial charge in [0.05, 0.1) is 0 Å². The van der Waals surface area contributed by atoms with Crippen LogP contribution in [-0.4, -0.2) is 34.6 Å². The number of carbonyl (C=O) groups is 1. The van der Waals surface area contributed by atoms with Crippen molar-refractivity contribution < 1.29 is 22.4 Å². The topological polar surface area (TPSA) is 68.0 Å². The highest BCUT2D eigenvalue weighted by molar-refractivity contribution is 7.99. The van der Waals surface area contributed by atoms with E-state index in [1.54, 1.807) is 0 Å². The predicted octanol–water partition coefficient (Wildman–Crippen LogP) is 7.10. The van der Waals surface area contributed by atoms with Crippen molar-refractivity contribution in [1.29, 1.82) is 0 Å². The first kappa shape index (κ1) is 26.3. The molecule has 1 heterocycles. The van der Waals surface area contributed by atoms with Gasteiger partial charge in [-0.2, -0.15) is 13.2 Å². The minimum Gasteiger partial charge on any atom is -0.411 e. The minimum atomic E-state index is -4.48. The van der Waals surface area contributed by atoms with Gasteiger partial charge in [0.2, 0.25) is 11.8 Å². The molecule has 0 saturated carbocycles. The number of unbranched alkanes of at least 4 members (excludes halogenated alkanes) is 2. The van der Waals surface area contributed by atoms with Crippen LogP contribution in [-0.2, 0) is 10.2 Å². The third-order valence-electron chi connectivity index (χ3n) is 6.97. The molecule has 2 aliphatic carbocycles. The number of nitrogens with zero attached hydrogens (tertiary/aromatic N) is 2. The monoisotopic (exact) mass is 539 g/mol. The van der Waals surface area contributed by atoms with Gasteiger partial charge in [-0.25, -0.2) is 0 Å². The molecule has 0 aliphatic heterocycles. The molecule has 0 atom stereocenters. The van der Waals surface area contributed by atoms with E-state index in [9.17, 15) is 18.0 Å². The Morgan fingerprint density at radius 2 is 1.68 bits per heavy atom. The summed E-state index contributed by atoms with van der Waals surface area (Å²) in [5.41, 5.74) is 3.11. The molecule has 9 heteroatoms. The van der Waals surface area contributed by atoms with Gasteiger partial charge in [-0.05, 0) is 47.9 Å². The standard InChI is InChI=1S/C29H28F3N3O2S/c30-29(31,32)19-33-26(36)28(23-15-7-5-13-21(23)22-14-6-8-16-24(22)28)17-9-2-10-18-38-27-35-34-25(37-27)20-11-3-1-4-12-20/h3,5-8,11-16H,1-2,4,9-10,17-19H2,(H,33,36). The summed E-state index contributed by atoms with van der Waals surface area (Å²) in [6, 6.07) is 15.0. The maximum absolute atomic E-state index is 13.5. The lowest BCUT2D eigenvalue weighted by Crippen LogP contribution is -2.47. The lowest BCUT2D eigenvalue weighted by molar-refractivity contribution is -0.141. The second kappa shape index (κ2) is 11.2. The molecule has 1 amide bonds. The Balaban J connectivity index is 1.25. The number of halogens is 3. The van der Waals surface area contributed by atoms with Gasteiger partial charge in [0, 0.05) is 11.3 Å². The van der Waals surface area contributed by atoms with E-state index in [1.807, 2.05) is 54.6 Å². The van der Waals surface area contributed by atoms with Crippen LogP contribution in [0, 0.1) is 0 Å². The molecule has 1 N–H and O–H groups in total. The van der Waals surface area contributed by atoms with Gasteiger partial charge in [0.25, 0.3) is 5.22 Å². The number of allylic oxidation sites excluding steroid dienone is 4. The molecular weight excluding hydrogens is 511 g/mol. The van der Waals surface area contributed by atoms with Crippen LogP contribution in [0.5, 0.6) is 0 Å². The van der Waals surface area contributed by atoms with E-state index in [1.165, 1.54) is 11.8 Å². The van der Waals surface area contributed by atoms with E-state index in [2.05, 4.69) is 27.7 Å². The number of carbonyl (C=O) groups excluding carboxylic acids is 1. The molecule has 0 saturated heterocycles. The summed E-state index contributed by atoms with van der Waals surface area (Å²) in [4.78, 5) is 13.5. The van der Waals surface area contributed by atoms with E-state index in [0.29, 0.717) is 24.0 Å². The van der Waals surface area contributed by atoms with E-state index in [4.69, 9.17) is 4.42 Å². The molecule has 2 aromatic carbocycles. The number of alkyl halides is 3. The lowest BCUT2D eigenvalue weighted by atomic mass is 9.73. The van der Waals surface area contributed by atoms with Gasteiger partial charge in [0.1, 0.15) is 12.0 Å². The van der Waals surface area contributed by atoms with Crippen molar-refractivity contribution in [3.8, 4) is 11.1 Å². The molecule has 0 fully saturated rings. The van der Waals surface area contributed by atoms with Crippen LogP contribution in [0.3, 0.4) is 0 Å². The third kappa shape index (κ3) is 5.43. The van der Waals surface area contributed by atoms with Crippen molar-refractivity contribution in [2.24, 2.45) is 0 Å². The molecule has 0 radical (unpaired) electrons. The van der Waals surface area contributed by atoms with E-state index in [-0.39, 0.29) is 0 Å². The average Bonchev–Trinajstić information content (AvgIpc) is 3.51. The first-order valence-electron chi connectivity index (χ1n) is 12.8. The maximum Gasteiger partial charge on any atom is 0.405 e. The molecule has 3 aromatic rings. The van der Waals surface area contributed by atoms with Crippen LogP contribution in [0.4, 0.5) is 13.2 Å². The van der Waals surface area contributed by atoms with Crippen LogP contribution < -0.4 is 5.32 Å². The van der Waals surface area contributed by atoms with Gasteiger partial charge in [-0.15, -0.1) is 10.2 Å². The SMILES string of the molecule is O=C(NCC(F)(F)F)C1(CCCCCSc2nnc(C3=CCCC=C3)o2)c2ccccc2-c2ccccc21. The van der Waals surface area contributed by atoms with Crippen molar-refractivity contribution in [3.05, 3.63) is 83.8 Å². The summed E-state index contributed by atoms with van der Waals surface area (Å²) < 4.78 is 44.8. The zero-order valence-corrected chi connectivity index (χ0v) is 21.6. The number of fused-ring (bicyclic) bond motifs is 3. The average molecular weight is 540 g/mol. The molecule has 1 aromatic heterocycles. The number of hydrogen-bond donors (Lipinski definition) is 1. The number of thioether (sulfide) groups is 1. The smallest absolute Gasteiger partial charge is 0.405 e. The fourth-order valence-electron chi connectivity index (χ4n) is 5.27. The zero-order chi connectivity index (χ0) is 26.6. The highest BCUT2D eigenvalue weighted by Gasteiger charge is 2.49. The summed E-state index contributed by atoms with van der Waals surface area (Å²) in [7, 11) is 0. The second-order valence-electron chi connectivity index (χ2n) is 9.47. The number of nitrogens with one attached hydrogen (secondary N) is 1. The van der Waals surface area contributed by atoms with Crippen LogP contribution in [0.15, 0.2) is 76.4 Å². The maximum atomic E-state index is 13.5. The Hall–Kier alpha value is -3.33. The Morgan fingerprint density at radius 3 is 2.34 bits per heavy atom. The van der Waals surface area contributed by atoms with E-state index in [0.717, 1.165) is 59.3 Å². The Morgan fingerprint density at radius 1 is 0.974 bits per heavy atom. The van der Waals surface area contributed by atoms with E-state index >= 15 is 0 Å². The largest absolute Gasteiger partial charge is 0.411 e. The van der Waals surface area contributed by atoms with Crippen LogP contribution in [0.2, 0.25) is 0 Å². The molecule has 198 valence electrons. The van der Waals surface area contributed by atoms with Crippen molar-refractivity contribution >= 4 is 23.2 Å². The number of rotatable bonds is 10. The summed E-state index contributed by atoms with van der Waals surface area (Å²) in [6.07, 6.45) is 6.40. The summed E-state index contributed by atoms with van der Waals surface area (Å²) in [5.74, 6) is 0.677. The molecule has 2 aliphatic rings. The molecular formula is C29H28F3N3O2S. The van der Waals surface area contributed by atoms with Gasteiger partial charge in [0.15, 0.2) is 0 Å². The number of aromatic nitrogens is 2. The third-order valence-corrected chi connectivity index (χ3v) is 7.88. The molecule has 0 bridgehead atoms. The zero-order valence-electron chi connectivity index (χ0n) is 20.8. The van der Waals surface area contributed by atoms with Crippen molar-refractivity contribution in [1.82, 2.24) is 15.5 Å². The molecule has 0 spiro atoms. The summed E-state index contributed by atoms with van der Waals surface area (Å²) in [6.45, 7) is -1.35. The Kier molecular flexibility index (Phi) is 7.74. The van der Waals surface area contributed by atoms with Gasteiger partial charge >= 0.3 is 6.18 Å². The van der Waals surface area contributed by atoms with Crippen LogP contribution in [0.1, 0.15) is 55.5 Å². The lowest BCUT2D eigenvalue weighted by Gasteiger charge is -2.31. The highest BCUT2D eigenvalue weighted by Crippen LogP contribution is 2.51. The van der Waals surface area contributed by atoms with Crippen molar-refractivity contribution in [3.63, 3.8) is 0 Å². The van der Waals surface area contributed by atoms with Crippen LogP contribution >= 0.6 is 11.8 Å². The summed E-state index contributed by atoms with van der Waals surface area (Å²) in [5, 5.41) is 11.0. The predicted molar refractivity (Wildman–Crippen MR) is 142 cm³/mol. The van der Waals surface area contributed by atoms with Gasteiger partial charge in [-0.1, -0.05) is 91.4 Å². The molecule has 38 heavy (non-hydrogen) atoms. The number of amides is 1. The Labute approximate surface area is 223 Å². The van der Waals surface area contributed by atoms with Crippen molar-refractivity contribution in [2.75, 3.05) is 12.3 Å². The first-order chi connectivity index (χ1) is 18.4. The van der Waals surface area contributed by atoms with Gasteiger partial charge < -0.3 is 9.73 Å². The van der Waals surface area contributed by atoms with Crippen LogP contribution in [0.25, 0.3) is 16.7 Å². The minimum absolute atomic E-state index is 0.417. The Bertz CT molecular complexity index is 1320. The number of hydrogen-bond acceptors (Lipinski definition) is 5. The highest BCUT2D eigenvalue weighted by atomic mass is 32.2. The number of benzene rings is 2.